The van der Waals surface area contributed by atoms with Gasteiger partial charge in [0.05, 0.1) is 35.5 Å². The first kappa shape index (κ1) is 24.9. The van der Waals surface area contributed by atoms with Crippen LogP contribution in [0.1, 0.15) is 36.6 Å². The largest absolute Gasteiger partial charge is 0.507 e. The summed E-state index contributed by atoms with van der Waals surface area (Å²) in [6.45, 7) is 4.41. The summed E-state index contributed by atoms with van der Waals surface area (Å²) in [6.07, 6.45) is 0.724. The van der Waals surface area contributed by atoms with Crippen molar-refractivity contribution in [3.63, 3.8) is 0 Å². The van der Waals surface area contributed by atoms with Crippen molar-refractivity contribution in [1.29, 1.82) is 0 Å². The maximum atomic E-state index is 13.6. The number of hydrogen-bond acceptors (Lipinski definition) is 8. The minimum absolute atomic E-state index is 0.00516. The average Bonchev–Trinajstić information content (AvgIpc) is 3.60. The Morgan fingerprint density at radius 1 is 1.13 bits per heavy atom. The van der Waals surface area contributed by atoms with Crippen LogP contribution >= 0.6 is 11.3 Å². The third-order valence-electron chi connectivity index (χ3n) is 6.89. The third kappa shape index (κ3) is 4.28. The Morgan fingerprint density at radius 2 is 1.97 bits per heavy atom. The van der Waals surface area contributed by atoms with E-state index in [1.54, 1.807) is 43.5 Å². The van der Waals surface area contributed by atoms with Crippen molar-refractivity contribution in [2.45, 2.75) is 32.4 Å². The molecule has 3 heterocycles. The molecule has 2 aliphatic heterocycles. The number of aliphatic hydroxyl groups excluding tert-OH is 1. The highest BCUT2D eigenvalue weighted by Crippen LogP contribution is 2.45. The summed E-state index contributed by atoms with van der Waals surface area (Å²) in [4.78, 5) is 33.2. The zero-order valence-electron chi connectivity index (χ0n) is 21.6. The number of amides is 1. The van der Waals surface area contributed by atoms with Gasteiger partial charge in [0.15, 0.2) is 5.13 Å². The summed E-state index contributed by atoms with van der Waals surface area (Å²) in [7, 11) is 1.55. The Bertz CT molecular complexity index is 1660. The molecule has 0 bridgehead atoms. The molecule has 0 radical (unpaired) electrons. The quantitative estimate of drug-likeness (QED) is 0.191. The maximum Gasteiger partial charge on any atom is 0.301 e. The van der Waals surface area contributed by atoms with Gasteiger partial charge in [0.25, 0.3) is 5.78 Å². The number of carbonyl (C=O) groups excluding carboxylic acids is 2. The monoisotopic (exact) mass is 542 g/mol. The Morgan fingerprint density at radius 3 is 2.77 bits per heavy atom. The first-order valence-electron chi connectivity index (χ1n) is 12.7. The molecule has 8 nitrogen and oxygen atoms in total. The van der Waals surface area contributed by atoms with Crippen molar-refractivity contribution in [3.05, 3.63) is 82.9 Å². The fraction of sp³-hybridized carbons (Fsp3) is 0.233. The number of hydrogen-bond donors (Lipinski definition) is 1. The highest BCUT2D eigenvalue weighted by Gasteiger charge is 2.48. The number of rotatable bonds is 6. The van der Waals surface area contributed by atoms with Crippen LogP contribution in [0.3, 0.4) is 0 Å². The smallest absolute Gasteiger partial charge is 0.301 e. The van der Waals surface area contributed by atoms with Gasteiger partial charge in [-0.05, 0) is 73.5 Å². The molecule has 0 saturated carbocycles. The highest BCUT2D eigenvalue weighted by atomic mass is 32.1. The number of fused-ring (bicyclic) bond motifs is 2. The molecular formula is C30H26N2O6S. The highest BCUT2D eigenvalue weighted by molar-refractivity contribution is 7.22. The molecule has 6 rings (SSSR count). The molecule has 1 aromatic heterocycles. The van der Waals surface area contributed by atoms with E-state index in [2.05, 4.69) is 4.98 Å². The van der Waals surface area contributed by atoms with Crippen molar-refractivity contribution >= 4 is 44.1 Å². The lowest BCUT2D eigenvalue weighted by molar-refractivity contribution is -0.132. The second kappa shape index (κ2) is 9.74. The lowest BCUT2D eigenvalue weighted by Gasteiger charge is -2.23. The van der Waals surface area contributed by atoms with Crippen molar-refractivity contribution < 1.29 is 28.9 Å². The van der Waals surface area contributed by atoms with Gasteiger partial charge in [-0.15, -0.1) is 0 Å². The Kier molecular flexibility index (Phi) is 6.23. The first-order chi connectivity index (χ1) is 18.9. The molecule has 1 saturated heterocycles. The predicted molar refractivity (Wildman–Crippen MR) is 149 cm³/mol. The molecule has 1 N–H and O–H groups in total. The molecule has 198 valence electrons. The van der Waals surface area contributed by atoms with Crippen LogP contribution in [0.15, 0.2) is 66.2 Å². The molecule has 2 aliphatic rings. The second-order valence-electron chi connectivity index (χ2n) is 9.46. The fourth-order valence-corrected chi connectivity index (χ4v) is 6.15. The summed E-state index contributed by atoms with van der Waals surface area (Å²) in [5.41, 5.74) is 2.67. The Labute approximate surface area is 229 Å². The van der Waals surface area contributed by atoms with Gasteiger partial charge in [-0.3, -0.25) is 14.5 Å². The summed E-state index contributed by atoms with van der Waals surface area (Å²) >= 11 is 1.28. The average molecular weight is 543 g/mol. The van der Waals surface area contributed by atoms with Crippen LogP contribution in [0.4, 0.5) is 5.13 Å². The van der Waals surface area contributed by atoms with Crippen LogP contribution in [0.25, 0.3) is 16.0 Å². The van der Waals surface area contributed by atoms with Gasteiger partial charge in [-0.25, -0.2) is 4.98 Å². The second-order valence-corrected chi connectivity index (χ2v) is 10.5. The van der Waals surface area contributed by atoms with Gasteiger partial charge in [0, 0.05) is 12.0 Å². The van der Waals surface area contributed by atoms with Gasteiger partial charge in [-0.1, -0.05) is 23.5 Å². The van der Waals surface area contributed by atoms with Crippen molar-refractivity contribution in [2.75, 3.05) is 18.6 Å². The van der Waals surface area contributed by atoms with Gasteiger partial charge < -0.3 is 19.3 Å². The number of methoxy groups -OCH3 is 1. The zero-order chi connectivity index (χ0) is 27.3. The summed E-state index contributed by atoms with van der Waals surface area (Å²) in [5.74, 6) is 0.232. The van der Waals surface area contributed by atoms with Crippen LogP contribution in [0.5, 0.6) is 17.2 Å². The molecule has 0 aliphatic carbocycles. The van der Waals surface area contributed by atoms with Gasteiger partial charge in [0.2, 0.25) is 0 Å². The number of thiazole rings is 1. The first-order valence-corrected chi connectivity index (χ1v) is 13.5. The number of anilines is 1. The maximum absolute atomic E-state index is 13.6. The number of benzene rings is 3. The molecule has 1 amide bonds. The minimum atomic E-state index is -0.907. The number of ether oxygens (including phenoxy) is 3. The van der Waals surface area contributed by atoms with Crippen molar-refractivity contribution in [3.8, 4) is 17.2 Å². The zero-order valence-corrected chi connectivity index (χ0v) is 22.5. The Balaban J connectivity index is 1.52. The van der Waals surface area contributed by atoms with Gasteiger partial charge in [0.1, 0.15) is 29.1 Å². The number of carbonyl (C=O) groups is 2. The van der Waals surface area contributed by atoms with Crippen LogP contribution in [0.2, 0.25) is 0 Å². The molecule has 4 aromatic rings. The van der Waals surface area contributed by atoms with E-state index in [4.69, 9.17) is 14.2 Å². The van der Waals surface area contributed by atoms with E-state index in [1.165, 1.54) is 16.2 Å². The SMILES string of the molecule is CCOc1ccc2nc(N3C(=O)C(=O)C(=C(O)c4ccc5c(c4)C[C@@H](C)O5)[C@H]3c3cccc(OC)c3)sc2c1. The van der Waals surface area contributed by atoms with Gasteiger partial charge in [-0.2, -0.15) is 0 Å². The van der Waals surface area contributed by atoms with Crippen LogP contribution in [-0.4, -0.2) is 41.6 Å². The molecule has 39 heavy (non-hydrogen) atoms. The molecule has 2 atom stereocenters. The van der Waals surface area contributed by atoms with Crippen molar-refractivity contribution in [1.82, 2.24) is 4.98 Å². The third-order valence-corrected chi connectivity index (χ3v) is 7.91. The normalized spacial score (nSPS) is 19.8. The summed E-state index contributed by atoms with van der Waals surface area (Å²) < 4.78 is 17.7. The van der Waals surface area contributed by atoms with E-state index in [0.717, 1.165) is 16.0 Å². The molecule has 0 unspecified atom stereocenters. The van der Waals surface area contributed by atoms with E-state index in [9.17, 15) is 14.7 Å². The van der Waals surface area contributed by atoms with Crippen molar-refractivity contribution in [2.24, 2.45) is 0 Å². The molecule has 3 aromatic carbocycles. The molecular weight excluding hydrogens is 516 g/mol. The predicted octanol–water partition coefficient (Wildman–Crippen LogP) is 5.65. The molecule has 1 fully saturated rings. The van der Waals surface area contributed by atoms with Crippen LogP contribution in [0, 0.1) is 0 Å². The van der Waals surface area contributed by atoms with E-state index < -0.39 is 17.7 Å². The van der Waals surface area contributed by atoms with E-state index in [-0.39, 0.29) is 17.4 Å². The number of ketones is 1. The van der Waals surface area contributed by atoms with Crippen LogP contribution in [-0.2, 0) is 16.0 Å². The summed E-state index contributed by atoms with van der Waals surface area (Å²) in [5, 5.41) is 11.9. The van der Waals surface area contributed by atoms with E-state index in [1.807, 2.05) is 38.1 Å². The number of Topliss-reactive ketones (excluding diaryl/α,β-unsaturated/α-hetero) is 1. The van der Waals surface area contributed by atoms with E-state index in [0.29, 0.717) is 46.3 Å². The molecule has 9 heteroatoms. The lowest BCUT2D eigenvalue weighted by atomic mass is 9.94. The summed E-state index contributed by atoms with van der Waals surface area (Å²) in [6, 6.07) is 17.0. The minimum Gasteiger partial charge on any atom is -0.507 e. The Hall–Kier alpha value is -4.37. The van der Waals surface area contributed by atoms with Crippen LogP contribution < -0.4 is 19.1 Å². The van der Waals surface area contributed by atoms with Gasteiger partial charge >= 0.3 is 5.91 Å². The number of aliphatic hydroxyl groups is 1. The molecule has 0 spiro atoms. The number of nitrogens with zero attached hydrogens (tertiary/aromatic N) is 2. The lowest BCUT2D eigenvalue weighted by Crippen LogP contribution is -2.29. The standard InChI is InChI=1S/C30H26N2O6S/c1-4-37-21-9-10-22-24(15-21)39-30(31-22)32-26(17-6-5-7-20(14-17)36-3)25(28(34)29(32)35)27(33)18-8-11-23-19(13-18)12-16(2)38-23/h5-11,13-16,26,33H,4,12H2,1-3H3/t16-,26-/m1/s1. The topological polar surface area (TPSA) is 98.2 Å². The van der Waals surface area contributed by atoms with E-state index >= 15 is 0 Å². The fourth-order valence-electron chi connectivity index (χ4n) is 5.13. The number of aromatic nitrogens is 1.